The van der Waals surface area contributed by atoms with E-state index in [0.717, 1.165) is 0 Å². The number of benzene rings is 4. The minimum Gasteiger partial charge on any atom is -0.104 e. The number of rotatable bonds is 5. The average molecular weight is 479 g/mol. The van der Waals surface area contributed by atoms with Crippen LogP contribution in [0.5, 0.6) is 0 Å². The molecule has 35 heavy (non-hydrogen) atoms. The van der Waals surface area contributed by atoms with Crippen molar-refractivity contribution in [1.82, 2.24) is 0 Å². The largest absolute Gasteiger partial charge is 0.104 e. The molecule has 180 valence electrons. The zero-order chi connectivity index (χ0) is 25.3. The van der Waals surface area contributed by atoms with Gasteiger partial charge in [-0.25, -0.2) is 0 Å². The average Bonchev–Trinajstić information content (AvgIpc) is 2.83. The summed E-state index contributed by atoms with van der Waals surface area (Å²) in [6.45, 7) is 16.2. The molecule has 0 saturated carbocycles. The van der Waals surface area contributed by atoms with Gasteiger partial charge in [-0.3, -0.25) is 0 Å². The van der Waals surface area contributed by atoms with Crippen LogP contribution in [0.3, 0.4) is 0 Å². The van der Waals surface area contributed by atoms with Crippen LogP contribution < -0.4 is 0 Å². The molecule has 0 amide bonds. The fraction of sp³-hybridized carbons (Fsp3) is 0.294. The van der Waals surface area contributed by atoms with Crippen molar-refractivity contribution in [3.8, 4) is 0 Å². The van der Waals surface area contributed by atoms with Gasteiger partial charge < -0.3 is 0 Å². The summed E-state index contributed by atoms with van der Waals surface area (Å²) in [6.07, 6.45) is 0. The molecule has 0 aliphatic heterocycles. The van der Waals surface area contributed by atoms with E-state index in [1.165, 1.54) is 38.3 Å². The van der Waals surface area contributed by atoms with Crippen LogP contribution in [-0.4, -0.2) is 0 Å². The van der Waals surface area contributed by atoms with Gasteiger partial charge in [-0.2, -0.15) is 0 Å². The van der Waals surface area contributed by atoms with Gasteiger partial charge in [0.2, 0.25) is 0 Å². The fourth-order valence-corrected chi connectivity index (χ4v) is 6.51. The Balaban J connectivity index is 2.07. The highest BCUT2D eigenvalue weighted by Gasteiger charge is 2.39. The Morgan fingerprint density at radius 1 is 0.486 bits per heavy atom. The molecule has 0 spiro atoms. The third-order valence-corrected chi connectivity index (χ3v) is 8.50. The molecule has 0 bridgehead atoms. The monoisotopic (exact) mass is 478 g/mol. The lowest BCUT2D eigenvalue weighted by Gasteiger charge is -2.38. The molecule has 4 rings (SSSR count). The van der Waals surface area contributed by atoms with E-state index < -0.39 is 0 Å². The summed E-state index contributed by atoms with van der Waals surface area (Å²) in [5.74, 6) is 0. The number of hydrogen-bond donors (Lipinski definition) is 0. The molecule has 0 fully saturated rings. The van der Waals surface area contributed by atoms with Crippen molar-refractivity contribution in [3.63, 3.8) is 0 Å². The van der Waals surface area contributed by atoms with Crippen LogP contribution in [0.25, 0.3) is 0 Å². The first-order valence-corrected chi connectivity index (χ1v) is 13.4. The van der Waals surface area contributed by atoms with E-state index >= 15 is 0 Å². The normalized spacial score (nSPS) is 12.5. The number of aryl methyl sites for hydroxylation is 1. The first kappa shape index (κ1) is 25.3. The Bertz CT molecular complexity index is 1160. The second-order valence-corrected chi connectivity index (χ2v) is 12.8. The van der Waals surface area contributed by atoms with Gasteiger partial charge in [-0.1, -0.05) is 145 Å². The Labute approximate surface area is 216 Å². The van der Waals surface area contributed by atoms with Crippen LogP contribution >= 0.6 is 11.8 Å². The van der Waals surface area contributed by atoms with Crippen LogP contribution in [0.1, 0.15) is 74.9 Å². The summed E-state index contributed by atoms with van der Waals surface area (Å²) in [7, 11) is 0. The maximum Gasteiger partial charge on any atom is 0.0954 e. The van der Waals surface area contributed by atoms with Crippen LogP contribution in [0.15, 0.2) is 108 Å². The van der Waals surface area contributed by atoms with Crippen molar-refractivity contribution in [2.24, 2.45) is 0 Å². The van der Waals surface area contributed by atoms with Crippen molar-refractivity contribution in [3.05, 3.63) is 137 Å². The second kappa shape index (κ2) is 9.70. The minimum atomic E-state index is -0.377. The topological polar surface area (TPSA) is 0 Å². The Morgan fingerprint density at radius 2 is 0.886 bits per heavy atom. The first-order chi connectivity index (χ1) is 16.5. The van der Waals surface area contributed by atoms with E-state index in [4.69, 9.17) is 0 Å². The summed E-state index contributed by atoms with van der Waals surface area (Å²) >= 11 is 1.99. The summed E-state index contributed by atoms with van der Waals surface area (Å²) in [4.78, 5) is 1.38. The van der Waals surface area contributed by atoms with Gasteiger partial charge in [0.25, 0.3) is 0 Å². The lowest BCUT2D eigenvalue weighted by Crippen LogP contribution is -2.27. The Hall–Kier alpha value is -2.77. The van der Waals surface area contributed by atoms with Gasteiger partial charge >= 0.3 is 0 Å². The van der Waals surface area contributed by atoms with Gasteiger partial charge in [0, 0.05) is 4.90 Å². The molecule has 0 atom stereocenters. The van der Waals surface area contributed by atoms with Gasteiger partial charge in [0.1, 0.15) is 0 Å². The van der Waals surface area contributed by atoms with Crippen LogP contribution in [0.2, 0.25) is 0 Å². The fourth-order valence-electron chi connectivity index (χ4n) is 4.75. The van der Waals surface area contributed by atoms with E-state index in [1.54, 1.807) is 0 Å². The van der Waals surface area contributed by atoms with Crippen LogP contribution in [0, 0.1) is 6.92 Å². The second-order valence-electron chi connectivity index (χ2n) is 11.6. The van der Waals surface area contributed by atoms with E-state index in [-0.39, 0.29) is 15.6 Å². The molecule has 0 unspecified atom stereocenters. The van der Waals surface area contributed by atoms with Crippen molar-refractivity contribution in [1.29, 1.82) is 0 Å². The molecule has 0 aliphatic rings. The van der Waals surface area contributed by atoms with Crippen molar-refractivity contribution >= 4 is 11.8 Å². The van der Waals surface area contributed by atoms with Gasteiger partial charge in [0.15, 0.2) is 0 Å². The van der Waals surface area contributed by atoms with Crippen LogP contribution in [-0.2, 0) is 15.6 Å². The molecule has 0 aromatic heterocycles. The van der Waals surface area contributed by atoms with Gasteiger partial charge in [-0.15, -0.1) is 11.8 Å². The zero-order valence-corrected chi connectivity index (χ0v) is 23.0. The first-order valence-electron chi connectivity index (χ1n) is 12.5. The van der Waals surface area contributed by atoms with Crippen LogP contribution in [0.4, 0.5) is 0 Å². The van der Waals surface area contributed by atoms with Crippen molar-refractivity contribution < 1.29 is 0 Å². The summed E-state index contributed by atoms with van der Waals surface area (Å²) < 4.78 is -0.377. The molecule has 0 aliphatic carbocycles. The van der Waals surface area contributed by atoms with E-state index in [0.29, 0.717) is 0 Å². The van der Waals surface area contributed by atoms with E-state index in [1.807, 2.05) is 11.8 Å². The minimum absolute atomic E-state index is 0.0180. The molecule has 0 N–H and O–H groups in total. The number of hydrogen-bond acceptors (Lipinski definition) is 1. The predicted octanol–water partition coefficient (Wildman–Crippen LogP) is 9.67. The third-order valence-electron chi connectivity index (χ3n) is 6.74. The highest BCUT2D eigenvalue weighted by Crippen LogP contribution is 2.54. The molecule has 0 radical (unpaired) electrons. The summed E-state index contributed by atoms with van der Waals surface area (Å²) in [5, 5.41) is 0. The van der Waals surface area contributed by atoms with Gasteiger partial charge in [-0.05, 0) is 51.1 Å². The molecule has 4 aromatic carbocycles. The third kappa shape index (κ3) is 5.11. The molecular weight excluding hydrogens is 440 g/mol. The molecule has 0 nitrogen and oxygen atoms in total. The molecule has 0 heterocycles. The maximum absolute atomic E-state index is 2.46. The zero-order valence-electron chi connectivity index (χ0n) is 22.2. The molecule has 4 aromatic rings. The quantitative estimate of drug-likeness (QED) is 0.203. The molecular formula is C34H38S. The smallest absolute Gasteiger partial charge is 0.0954 e. The Kier molecular flexibility index (Phi) is 7.02. The highest BCUT2D eigenvalue weighted by atomic mass is 32.2. The van der Waals surface area contributed by atoms with E-state index in [9.17, 15) is 0 Å². The van der Waals surface area contributed by atoms with E-state index in [2.05, 4.69) is 152 Å². The number of thioether (sulfide) groups is 1. The summed E-state index contributed by atoms with van der Waals surface area (Å²) in [5.41, 5.74) is 8.16. The molecule has 0 saturated heterocycles. The van der Waals surface area contributed by atoms with Crippen molar-refractivity contribution in [2.45, 2.75) is 68.9 Å². The highest BCUT2D eigenvalue weighted by molar-refractivity contribution is 8.00. The van der Waals surface area contributed by atoms with Crippen molar-refractivity contribution in [2.75, 3.05) is 0 Å². The summed E-state index contributed by atoms with van der Waals surface area (Å²) in [6, 6.07) is 37.9. The SMILES string of the molecule is Cc1cc(C(C)(C)C)cc(C(C)(C)C)c1SC(c1ccccc1)(c1ccccc1)c1ccccc1. The molecule has 1 heteroatoms. The lowest BCUT2D eigenvalue weighted by molar-refractivity contribution is 0.557. The predicted molar refractivity (Wildman–Crippen MR) is 154 cm³/mol. The maximum atomic E-state index is 2.46. The standard InChI is InChI=1S/C34H38S/c1-25-23-29(32(2,3)4)24-30(33(5,6)7)31(25)35-34(26-17-11-8-12-18-26,27-19-13-9-14-20-27)28-21-15-10-16-22-28/h8-24H,1-7H3. The Morgan fingerprint density at radius 3 is 1.23 bits per heavy atom. The lowest BCUT2D eigenvalue weighted by atomic mass is 9.79. The van der Waals surface area contributed by atoms with Gasteiger partial charge in [0.05, 0.1) is 4.75 Å².